The van der Waals surface area contributed by atoms with Gasteiger partial charge in [-0.15, -0.1) is 0 Å². The van der Waals surface area contributed by atoms with Crippen LogP contribution in [0.15, 0.2) is 0 Å². The SMILES string of the molecule is COCCOCCCCCC(=O)OCC(O)COCCC[Si](OC(C)(C)C)(OC(C)(C)C)OC(C)(C)C. The first-order chi connectivity index (χ1) is 17.0. The summed E-state index contributed by atoms with van der Waals surface area (Å²) >= 11 is 0. The predicted octanol–water partition coefficient (Wildman–Crippen LogP) is 4.90. The second kappa shape index (κ2) is 17.9. The van der Waals surface area contributed by atoms with Crippen molar-refractivity contribution >= 4 is 14.8 Å². The molecule has 1 atom stereocenters. The molecular formula is C27H56O9Si. The number of rotatable bonds is 20. The van der Waals surface area contributed by atoms with E-state index >= 15 is 0 Å². The van der Waals surface area contributed by atoms with Crippen LogP contribution < -0.4 is 0 Å². The minimum absolute atomic E-state index is 0.0783. The molecule has 0 aromatic carbocycles. The number of ether oxygens (including phenoxy) is 4. The van der Waals surface area contributed by atoms with E-state index in [0.717, 1.165) is 19.3 Å². The highest BCUT2D eigenvalue weighted by Gasteiger charge is 2.49. The van der Waals surface area contributed by atoms with E-state index in [9.17, 15) is 9.90 Å². The fourth-order valence-corrected chi connectivity index (χ4v) is 7.24. The van der Waals surface area contributed by atoms with Crippen LogP contribution >= 0.6 is 0 Å². The first-order valence-electron chi connectivity index (χ1n) is 13.6. The van der Waals surface area contributed by atoms with Crippen molar-refractivity contribution in [3.05, 3.63) is 0 Å². The molecule has 0 amide bonds. The Morgan fingerprint density at radius 1 is 0.703 bits per heavy atom. The number of carbonyl (C=O) groups excluding carboxylic acids is 1. The monoisotopic (exact) mass is 552 g/mol. The minimum Gasteiger partial charge on any atom is -0.463 e. The molecule has 222 valence electrons. The zero-order valence-electron chi connectivity index (χ0n) is 25.3. The van der Waals surface area contributed by atoms with Gasteiger partial charge in [-0.05, 0) is 81.6 Å². The summed E-state index contributed by atoms with van der Waals surface area (Å²) in [5, 5.41) is 10.1. The second-order valence-electron chi connectivity index (χ2n) is 12.3. The Morgan fingerprint density at radius 2 is 1.24 bits per heavy atom. The maximum atomic E-state index is 11.9. The number of methoxy groups -OCH3 is 1. The number of unbranched alkanes of at least 4 members (excludes halogenated alkanes) is 2. The Kier molecular flexibility index (Phi) is 17.6. The van der Waals surface area contributed by atoms with Gasteiger partial charge in [0.1, 0.15) is 12.7 Å². The number of hydrogen-bond acceptors (Lipinski definition) is 9. The number of aliphatic hydroxyl groups excluding tert-OH is 1. The molecular weight excluding hydrogens is 496 g/mol. The summed E-state index contributed by atoms with van der Waals surface area (Å²) in [6.07, 6.45) is 2.61. The summed E-state index contributed by atoms with van der Waals surface area (Å²) < 4.78 is 40.5. The molecule has 0 radical (unpaired) electrons. The van der Waals surface area contributed by atoms with Gasteiger partial charge in [0.15, 0.2) is 0 Å². The fraction of sp³-hybridized carbons (Fsp3) is 0.963. The van der Waals surface area contributed by atoms with Gasteiger partial charge in [0.05, 0.1) is 36.6 Å². The Hall–Kier alpha value is -0.593. The van der Waals surface area contributed by atoms with Gasteiger partial charge in [0.2, 0.25) is 0 Å². The molecule has 0 bridgehead atoms. The molecule has 0 aliphatic heterocycles. The topological polar surface area (TPSA) is 102 Å². The zero-order chi connectivity index (χ0) is 28.6. The maximum Gasteiger partial charge on any atom is 0.502 e. The van der Waals surface area contributed by atoms with Crippen molar-refractivity contribution in [3.63, 3.8) is 0 Å². The molecule has 37 heavy (non-hydrogen) atoms. The predicted molar refractivity (Wildman–Crippen MR) is 147 cm³/mol. The quantitative estimate of drug-likeness (QED) is 0.128. The Bertz CT molecular complexity index is 553. The molecule has 0 spiro atoms. The summed E-state index contributed by atoms with van der Waals surface area (Å²) in [6.45, 7) is 20.2. The molecule has 0 aromatic heterocycles. The van der Waals surface area contributed by atoms with Gasteiger partial charge in [0, 0.05) is 32.8 Å². The smallest absolute Gasteiger partial charge is 0.463 e. The zero-order valence-corrected chi connectivity index (χ0v) is 26.3. The third-order valence-corrected chi connectivity index (χ3v) is 8.24. The molecule has 0 aliphatic carbocycles. The van der Waals surface area contributed by atoms with Crippen molar-refractivity contribution in [2.24, 2.45) is 0 Å². The van der Waals surface area contributed by atoms with Gasteiger partial charge in [-0.25, -0.2) is 0 Å². The van der Waals surface area contributed by atoms with Gasteiger partial charge in [-0.3, -0.25) is 4.79 Å². The van der Waals surface area contributed by atoms with Crippen LogP contribution in [0.1, 0.15) is 94.4 Å². The molecule has 1 N–H and O–H groups in total. The van der Waals surface area contributed by atoms with Crippen LogP contribution in [0.25, 0.3) is 0 Å². The normalized spacial score (nSPS) is 14.1. The highest BCUT2D eigenvalue weighted by atomic mass is 28.4. The van der Waals surface area contributed by atoms with E-state index in [1.54, 1.807) is 7.11 Å². The largest absolute Gasteiger partial charge is 0.502 e. The van der Waals surface area contributed by atoms with Gasteiger partial charge in [-0.1, -0.05) is 6.42 Å². The summed E-state index contributed by atoms with van der Waals surface area (Å²) in [6, 6.07) is 0.585. The third kappa shape index (κ3) is 23.0. The summed E-state index contributed by atoms with van der Waals surface area (Å²) in [5.74, 6) is -0.312. The molecule has 0 aromatic rings. The van der Waals surface area contributed by atoms with E-state index in [2.05, 4.69) is 0 Å². The molecule has 1 unspecified atom stereocenters. The molecule has 0 aliphatic rings. The standard InChI is InChI=1S/C27H56O9Si/c1-25(2,3)34-37(35-26(4,5)6,36-27(7,8)9)20-14-17-32-21-23(28)22-33-24(29)15-12-11-13-16-31-19-18-30-10/h23,28H,11-22H2,1-10H3. The molecule has 9 nitrogen and oxygen atoms in total. The lowest BCUT2D eigenvalue weighted by Crippen LogP contribution is -2.57. The first-order valence-corrected chi connectivity index (χ1v) is 15.5. The lowest BCUT2D eigenvalue weighted by atomic mass is 10.2. The van der Waals surface area contributed by atoms with Crippen LogP contribution in [-0.4, -0.2) is 89.5 Å². The average molecular weight is 553 g/mol. The van der Waals surface area contributed by atoms with Crippen LogP contribution in [0.2, 0.25) is 6.04 Å². The van der Waals surface area contributed by atoms with Crippen molar-refractivity contribution in [1.29, 1.82) is 0 Å². The molecule has 0 heterocycles. The minimum atomic E-state index is -3.06. The van der Waals surface area contributed by atoms with Crippen LogP contribution in [0, 0.1) is 0 Å². The Labute approximate surface area is 227 Å². The molecule has 10 heteroatoms. The number of carbonyl (C=O) groups is 1. The Morgan fingerprint density at radius 3 is 1.76 bits per heavy atom. The van der Waals surface area contributed by atoms with E-state index in [-0.39, 0.29) is 19.2 Å². The highest BCUT2D eigenvalue weighted by molar-refractivity contribution is 6.61. The van der Waals surface area contributed by atoms with Crippen molar-refractivity contribution in [2.75, 3.05) is 46.8 Å². The summed E-state index contributed by atoms with van der Waals surface area (Å²) in [7, 11) is -1.42. The van der Waals surface area contributed by atoms with E-state index in [1.807, 2.05) is 62.3 Å². The van der Waals surface area contributed by atoms with E-state index < -0.39 is 31.7 Å². The van der Waals surface area contributed by atoms with Gasteiger partial charge in [-0.2, -0.15) is 0 Å². The third-order valence-electron chi connectivity index (χ3n) is 4.51. The fourth-order valence-electron chi connectivity index (χ4n) is 3.43. The molecule has 0 fully saturated rings. The summed E-state index contributed by atoms with van der Waals surface area (Å²) in [4.78, 5) is 11.9. The van der Waals surface area contributed by atoms with Crippen LogP contribution in [0.5, 0.6) is 0 Å². The second-order valence-corrected chi connectivity index (χ2v) is 14.7. The number of hydrogen-bond donors (Lipinski definition) is 1. The van der Waals surface area contributed by atoms with Crippen LogP contribution in [0.4, 0.5) is 0 Å². The van der Waals surface area contributed by atoms with Gasteiger partial charge < -0.3 is 37.3 Å². The van der Waals surface area contributed by atoms with E-state index in [0.29, 0.717) is 45.3 Å². The molecule has 0 saturated heterocycles. The van der Waals surface area contributed by atoms with E-state index in [1.165, 1.54) is 0 Å². The van der Waals surface area contributed by atoms with Crippen molar-refractivity contribution in [1.82, 2.24) is 0 Å². The number of esters is 1. The summed E-state index contributed by atoms with van der Waals surface area (Å²) in [5.41, 5.74) is -1.29. The van der Waals surface area contributed by atoms with Gasteiger partial charge in [0.25, 0.3) is 0 Å². The van der Waals surface area contributed by atoms with Crippen LogP contribution in [0.3, 0.4) is 0 Å². The number of aliphatic hydroxyl groups is 1. The molecule has 0 saturated carbocycles. The van der Waals surface area contributed by atoms with E-state index in [4.69, 9.17) is 32.2 Å². The van der Waals surface area contributed by atoms with Crippen LogP contribution in [-0.2, 0) is 37.0 Å². The first kappa shape index (κ1) is 36.4. The Balaban J connectivity index is 4.39. The van der Waals surface area contributed by atoms with Crippen molar-refractivity contribution in [3.8, 4) is 0 Å². The lowest BCUT2D eigenvalue weighted by molar-refractivity contribution is -0.148. The van der Waals surface area contributed by atoms with Gasteiger partial charge >= 0.3 is 14.8 Å². The highest BCUT2D eigenvalue weighted by Crippen LogP contribution is 2.32. The van der Waals surface area contributed by atoms with Crippen molar-refractivity contribution in [2.45, 2.75) is 123 Å². The maximum absolute atomic E-state index is 11.9. The lowest BCUT2D eigenvalue weighted by Gasteiger charge is -2.43. The average Bonchev–Trinajstić information content (AvgIpc) is 2.70. The molecule has 0 rings (SSSR count). The van der Waals surface area contributed by atoms with Crippen molar-refractivity contribution < 1.29 is 42.1 Å².